The van der Waals surface area contributed by atoms with Crippen molar-refractivity contribution >= 4 is 17.5 Å². The molecule has 0 aromatic heterocycles. The van der Waals surface area contributed by atoms with E-state index in [0.29, 0.717) is 32.8 Å². The third-order valence-electron chi connectivity index (χ3n) is 4.53. The molecule has 2 aliphatic rings. The highest BCUT2D eigenvalue weighted by Crippen LogP contribution is 2.31. The molecule has 1 aromatic carbocycles. The summed E-state index contributed by atoms with van der Waals surface area (Å²) in [5, 5.41) is 0. The number of carbonyl (C=O) groups is 2. The first kappa shape index (κ1) is 16.8. The number of morpholine rings is 1. The van der Waals surface area contributed by atoms with Crippen molar-refractivity contribution in [2.24, 2.45) is 0 Å². The van der Waals surface area contributed by atoms with E-state index >= 15 is 0 Å². The van der Waals surface area contributed by atoms with Crippen molar-refractivity contribution in [3.05, 3.63) is 24.3 Å². The lowest BCUT2D eigenvalue weighted by Gasteiger charge is -2.33. The van der Waals surface area contributed by atoms with E-state index in [-0.39, 0.29) is 30.8 Å². The first-order chi connectivity index (χ1) is 11.7. The summed E-state index contributed by atoms with van der Waals surface area (Å²) in [4.78, 5) is 28.5. The van der Waals surface area contributed by atoms with E-state index in [0.717, 1.165) is 17.9 Å². The minimum atomic E-state index is -0.0283. The average molecular weight is 332 g/mol. The third kappa shape index (κ3) is 3.70. The Morgan fingerprint density at radius 3 is 2.75 bits per heavy atom. The van der Waals surface area contributed by atoms with Crippen LogP contribution in [0.1, 0.15) is 26.2 Å². The number of hydrogen-bond donors (Lipinski definition) is 0. The van der Waals surface area contributed by atoms with Crippen LogP contribution in [0.25, 0.3) is 0 Å². The molecule has 130 valence electrons. The molecule has 6 nitrogen and oxygen atoms in total. The van der Waals surface area contributed by atoms with Gasteiger partial charge in [-0.3, -0.25) is 9.59 Å². The number of nitrogens with zero attached hydrogens (tertiary/aromatic N) is 2. The van der Waals surface area contributed by atoms with Crippen LogP contribution in [-0.4, -0.2) is 55.7 Å². The zero-order valence-electron chi connectivity index (χ0n) is 14.1. The lowest BCUT2D eigenvalue weighted by Crippen LogP contribution is -2.45. The highest BCUT2D eigenvalue weighted by molar-refractivity contribution is 5.97. The summed E-state index contributed by atoms with van der Waals surface area (Å²) < 4.78 is 11.2. The molecule has 1 fully saturated rings. The van der Waals surface area contributed by atoms with Gasteiger partial charge in [-0.05, 0) is 18.6 Å². The number of para-hydroxylation sites is 2. The molecule has 1 aromatic rings. The molecule has 2 amide bonds. The molecule has 2 aliphatic heterocycles. The number of anilines is 1. The molecule has 0 bridgehead atoms. The van der Waals surface area contributed by atoms with Gasteiger partial charge in [0.2, 0.25) is 11.8 Å². The van der Waals surface area contributed by atoms with Gasteiger partial charge in [0.15, 0.2) is 0 Å². The zero-order valence-corrected chi connectivity index (χ0v) is 14.1. The van der Waals surface area contributed by atoms with Gasteiger partial charge in [0.1, 0.15) is 12.4 Å². The normalized spacial score (nSPS) is 20.3. The summed E-state index contributed by atoms with van der Waals surface area (Å²) in [5.74, 6) is 0.730. The van der Waals surface area contributed by atoms with E-state index in [2.05, 4.69) is 6.92 Å². The van der Waals surface area contributed by atoms with Crippen molar-refractivity contribution in [3.63, 3.8) is 0 Å². The van der Waals surface area contributed by atoms with Gasteiger partial charge in [0.05, 0.1) is 24.9 Å². The van der Waals surface area contributed by atoms with Crippen LogP contribution in [0.15, 0.2) is 24.3 Å². The number of amides is 2. The molecule has 0 spiro atoms. The smallest absolute Gasteiger partial charge is 0.227 e. The Morgan fingerprint density at radius 1 is 1.12 bits per heavy atom. The van der Waals surface area contributed by atoms with Crippen molar-refractivity contribution in [1.29, 1.82) is 0 Å². The molecular formula is C18H24N2O4. The molecule has 0 aliphatic carbocycles. The number of benzene rings is 1. The van der Waals surface area contributed by atoms with Crippen LogP contribution >= 0.6 is 0 Å². The van der Waals surface area contributed by atoms with Crippen molar-refractivity contribution in [2.75, 3.05) is 37.7 Å². The quantitative estimate of drug-likeness (QED) is 0.844. The Bertz CT molecular complexity index is 604. The molecule has 24 heavy (non-hydrogen) atoms. The molecule has 0 unspecified atom stereocenters. The maximum atomic E-state index is 12.5. The lowest BCUT2D eigenvalue weighted by molar-refractivity contribution is -0.140. The number of hydrogen-bond acceptors (Lipinski definition) is 4. The second-order valence-corrected chi connectivity index (χ2v) is 6.10. The standard InChI is InChI=1S/C18H24N2O4/c1-2-14-13-19(9-11-23-14)17(21)7-8-18(22)20-10-12-24-16-6-4-3-5-15(16)20/h3-6,14H,2,7-13H2,1H3/t14-/m1/s1. The second kappa shape index (κ2) is 7.66. The molecule has 0 saturated carbocycles. The summed E-state index contributed by atoms with van der Waals surface area (Å²) in [6.07, 6.45) is 1.48. The fourth-order valence-electron chi connectivity index (χ4n) is 3.13. The lowest BCUT2D eigenvalue weighted by atomic mass is 10.1. The van der Waals surface area contributed by atoms with Crippen LogP contribution in [0.2, 0.25) is 0 Å². The van der Waals surface area contributed by atoms with E-state index in [1.807, 2.05) is 29.2 Å². The van der Waals surface area contributed by atoms with Crippen LogP contribution in [0.3, 0.4) is 0 Å². The Balaban J connectivity index is 1.55. The Labute approximate surface area is 142 Å². The number of carbonyl (C=O) groups excluding carboxylic acids is 2. The largest absolute Gasteiger partial charge is 0.490 e. The van der Waals surface area contributed by atoms with E-state index in [1.165, 1.54) is 0 Å². The van der Waals surface area contributed by atoms with Crippen LogP contribution in [0.5, 0.6) is 5.75 Å². The van der Waals surface area contributed by atoms with E-state index < -0.39 is 0 Å². The summed E-state index contributed by atoms with van der Waals surface area (Å²) in [5.41, 5.74) is 0.790. The number of rotatable bonds is 4. The predicted molar refractivity (Wildman–Crippen MR) is 90.1 cm³/mol. The van der Waals surface area contributed by atoms with Gasteiger partial charge in [-0.1, -0.05) is 19.1 Å². The maximum Gasteiger partial charge on any atom is 0.227 e. The minimum Gasteiger partial charge on any atom is -0.490 e. The zero-order chi connectivity index (χ0) is 16.9. The predicted octanol–water partition coefficient (Wildman–Crippen LogP) is 1.83. The molecule has 6 heteroatoms. The van der Waals surface area contributed by atoms with Gasteiger partial charge >= 0.3 is 0 Å². The highest BCUT2D eigenvalue weighted by atomic mass is 16.5. The SMILES string of the molecule is CC[C@@H]1CN(C(=O)CCC(=O)N2CCOc3ccccc32)CCO1. The average Bonchev–Trinajstić information content (AvgIpc) is 2.65. The number of fused-ring (bicyclic) bond motifs is 1. The Hall–Kier alpha value is -2.08. The number of ether oxygens (including phenoxy) is 2. The van der Waals surface area contributed by atoms with Crippen LogP contribution < -0.4 is 9.64 Å². The molecule has 0 N–H and O–H groups in total. The van der Waals surface area contributed by atoms with Crippen LogP contribution in [0.4, 0.5) is 5.69 Å². The summed E-state index contributed by atoms with van der Waals surface area (Å²) in [7, 11) is 0. The van der Waals surface area contributed by atoms with Gasteiger partial charge in [-0.25, -0.2) is 0 Å². The topological polar surface area (TPSA) is 59.1 Å². The molecule has 1 saturated heterocycles. The molecular weight excluding hydrogens is 308 g/mol. The third-order valence-corrected chi connectivity index (χ3v) is 4.53. The fourth-order valence-corrected chi connectivity index (χ4v) is 3.13. The Morgan fingerprint density at radius 2 is 1.92 bits per heavy atom. The fraction of sp³-hybridized carbons (Fsp3) is 0.556. The van der Waals surface area contributed by atoms with E-state index in [1.54, 1.807) is 4.90 Å². The van der Waals surface area contributed by atoms with Crippen molar-refractivity contribution < 1.29 is 19.1 Å². The monoisotopic (exact) mass is 332 g/mol. The van der Waals surface area contributed by atoms with Gasteiger partial charge in [0, 0.05) is 25.9 Å². The molecule has 2 heterocycles. The molecule has 0 radical (unpaired) electrons. The molecule has 3 rings (SSSR count). The van der Waals surface area contributed by atoms with Gasteiger partial charge < -0.3 is 19.3 Å². The minimum absolute atomic E-state index is 0.0283. The van der Waals surface area contributed by atoms with E-state index in [4.69, 9.17) is 9.47 Å². The van der Waals surface area contributed by atoms with Crippen LogP contribution in [0, 0.1) is 0 Å². The van der Waals surface area contributed by atoms with Crippen molar-refractivity contribution in [2.45, 2.75) is 32.3 Å². The van der Waals surface area contributed by atoms with Gasteiger partial charge in [-0.2, -0.15) is 0 Å². The summed E-state index contributed by atoms with van der Waals surface area (Å²) >= 11 is 0. The summed E-state index contributed by atoms with van der Waals surface area (Å²) in [6.45, 7) is 4.89. The van der Waals surface area contributed by atoms with Gasteiger partial charge in [-0.15, -0.1) is 0 Å². The van der Waals surface area contributed by atoms with Crippen molar-refractivity contribution in [1.82, 2.24) is 4.90 Å². The van der Waals surface area contributed by atoms with Crippen LogP contribution in [-0.2, 0) is 14.3 Å². The van der Waals surface area contributed by atoms with Crippen molar-refractivity contribution in [3.8, 4) is 5.75 Å². The summed E-state index contributed by atoms with van der Waals surface area (Å²) in [6, 6.07) is 7.51. The first-order valence-electron chi connectivity index (χ1n) is 8.60. The second-order valence-electron chi connectivity index (χ2n) is 6.10. The maximum absolute atomic E-state index is 12.5. The first-order valence-corrected chi connectivity index (χ1v) is 8.60. The van der Waals surface area contributed by atoms with Gasteiger partial charge in [0.25, 0.3) is 0 Å². The molecule has 1 atom stereocenters. The highest BCUT2D eigenvalue weighted by Gasteiger charge is 2.26. The van der Waals surface area contributed by atoms with E-state index in [9.17, 15) is 9.59 Å². The Kier molecular flexibility index (Phi) is 5.35.